The number of ether oxygens (including phenoxy) is 1. The van der Waals surface area contributed by atoms with Crippen molar-refractivity contribution in [3.63, 3.8) is 0 Å². The first-order valence-electron chi connectivity index (χ1n) is 7.23. The number of para-hydroxylation sites is 1. The maximum Gasteiger partial charge on any atom is 0.123 e. The number of rotatable bonds is 6. The van der Waals surface area contributed by atoms with E-state index in [1.165, 1.54) is 6.07 Å². The largest absolute Gasteiger partial charge is 0.496 e. The quantitative estimate of drug-likeness (QED) is 0.863. The second-order valence-electron chi connectivity index (χ2n) is 5.37. The van der Waals surface area contributed by atoms with Crippen molar-refractivity contribution in [1.29, 1.82) is 0 Å². The normalized spacial score (nSPS) is 13.7. The number of methoxy groups -OCH3 is 1. The van der Waals surface area contributed by atoms with Crippen LogP contribution in [0.2, 0.25) is 0 Å². The third-order valence-electron chi connectivity index (χ3n) is 3.57. The average Bonchev–Trinajstić information content (AvgIpc) is 2.47. The van der Waals surface area contributed by atoms with Crippen LogP contribution in [0.15, 0.2) is 48.5 Å². The van der Waals surface area contributed by atoms with E-state index in [1.54, 1.807) is 19.2 Å². The summed E-state index contributed by atoms with van der Waals surface area (Å²) in [4.78, 5) is 0. The fraction of sp³-hybridized carbons (Fsp3) is 0.333. The van der Waals surface area contributed by atoms with Crippen molar-refractivity contribution in [3.05, 3.63) is 65.5 Å². The van der Waals surface area contributed by atoms with Gasteiger partial charge in [0.25, 0.3) is 0 Å². The maximum atomic E-state index is 13.2. The molecule has 2 aromatic carbocycles. The van der Waals surface area contributed by atoms with Gasteiger partial charge in [-0.1, -0.05) is 30.3 Å². The van der Waals surface area contributed by atoms with E-state index >= 15 is 0 Å². The minimum absolute atomic E-state index is 0.171. The molecule has 0 saturated carbocycles. The number of hydrogen-bond donors (Lipinski definition) is 1. The summed E-state index contributed by atoms with van der Waals surface area (Å²) >= 11 is 0. The van der Waals surface area contributed by atoms with Crippen molar-refractivity contribution >= 4 is 0 Å². The Morgan fingerprint density at radius 3 is 2.57 bits per heavy atom. The Morgan fingerprint density at radius 2 is 1.86 bits per heavy atom. The van der Waals surface area contributed by atoms with Crippen LogP contribution in [0.3, 0.4) is 0 Å². The molecule has 0 aliphatic rings. The van der Waals surface area contributed by atoms with Crippen LogP contribution in [0.5, 0.6) is 5.75 Å². The minimum Gasteiger partial charge on any atom is -0.496 e. The van der Waals surface area contributed by atoms with Crippen molar-refractivity contribution in [2.24, 2.45) is 0 Å². The predicted molar refractivity (Wildman–Crippen MR) is 84.1 cm³/mol. The van der Waals surface area contributed by atoms with Gasteiger partial charge in [0.1, 0.15) is 11.6 Å². The fourth-order valence-electron chi connectivity index (χ4n) is 2.62. The summed E-state index contributed by atoms with van der Waals surface area (Å²) in [6.45, 7) is 4.22. The monoisotopic (exact) mass is 287 g/mol. The predicted octanol–water partition coefficient (Wildman–Crippen LogP) is 4.12. The molecule has 0 spiro atoms. The highest BCUT2D eigenvalue weighted by Gasteiger charge is 2.13. The lowest BCUT2D eigenvalue weighted by Gasteiger charge is -2.22. The van der Waals surface area contributed by atoms with Gasteiger partial charge in [0.15, 0.2) is 0 Å². The second kappa shape index (κ2) is 7.23. The molecular weight excluding hydrogens is 265 g/mol. The molecule has 0 radical (unpaired) electrons. The summed E-state index contributed by atoms with van der Waals surface area (Å²) in [6.07, 6.45) is 0.789. The molecule has 2 unspecified atom stereocenters. The lowest BCUT2D eigenvalue weighted by atomic mass is 10.0. The molecule has 0 aliphatic heterocycles. The molecule has 0 bridgehead atoms. The first kappa shape index (κ1) is 15.5. The van der Waals surface area contributed by atoms with Crippen molar-refractivity contribution in [2.75, 3.05) is 7.11 Å². The number of nitrogens with one attached hydrogen (secondary N) is 1. The second-order valence-corrected chi connectivity index (χ2v) is 5.37. The molecule has 2 atom stereocenters. The lowest BCUT2D eigenvalue weighted by molar-refractivity contribution is 0.395. The highest BCUT2D eigenvalue weighted by molar-refractivity contribution is 5.35. The first-order valence-corrected chi connectivity index (χ1v) is 7.23. The number of hydrogen-bond acceptors (Lipinski definition) is 2. The molecule has 1 N–H and O–H groups in total. The highest BCUT2D eigenvalue weighted by atomic mass is 19.1. The van der Waals surface area contributed by atoms with Crippen molar-refractivity contribution < 1.29 is 9.13 Å². The third-order valence-corrected chi connectivity index (χ3v) is 3.57. The summed E-state index contributed by atoms with van der Waals surface area (Å²) in [5.41, 5.74) is 2.13. The molecule has 0 heterocycles. The van der Waals surface area contributed by atoms with E-state index in [0.717, 1.165) is 23.3 Å². The maximum absolute atomic E-state index is 13.2. The fourth-order valence-corrected chi connectivity index (χ4v) is 2.62. The van der Waals surface area contributed by atoms with Crippen LogP contribution in [0.4, 0.5) is 4.39 Å². The Balaban J connectivity index is 2.00. The standard InChI is InChI=1S/C18H22FNO/c1-13(11-15-7-6-8-16(19)12-15)20-14(2)17-9-4-5-10-18(17)21-3/h4-10,12-14,20H,11H2,1-3H3. The summed E-state index contributed by atoms with van der Waals surface area (Å²) in [7, 11) is 1.68. The van der Waals surface area contributed by atoms with E-state index in [9.17, 15) is 4.39 Å². The van der Waals surface area contributed by atoms with E-state index in [0.29, 0.717) is 0 Å². The van der Waals surface area contributed by atoms with Gasteiger partial charge in [0, 0.05) is 17.6 Å². The van der Waals surface area contributed by atoms with Gasteiger partial charge in [-0.15, -0.1) is 0 Å². The number of halogens is 1. The molecule has 112 valence electrons. The summed E-state index contributed by atoms with van der Waals surface area (Å²) in [5, 5.41) is 3.54. The van der Waals surface area contributed by atoms with Gasteiger partial charge in [0.05, 0.1) is 7.11 Å². The molecule has 21 heavy (non-hydrogen) atoms. The molecular formula is C18H22FNO. The van der Waals surface area contributed by atoms with Gasteiger partial charge in [0.2, 0.25) is 0 Å². The molecule has 0 aliphatic carbocycles. The SMILES string of the molecule is COc1ccccc1C(C)NC(C)Cc1cccc(F)c1. The van der Waals surface area contributed by atoms with Crippen LogP contribution in [0, 0.1) is 5.82 Å². The molecule has 2 rings (SSSR count). The van der Waals surface area contributed by atoms with E-state index in [4.69, 9.17) is 4.74 Å². The summed E-state index contributed by atoms with van der Waals surface area (Å²) in [6, 6.07) is 15.2. The minimum atomic E-state index is -0.183. The van der Waals surface area contributed by atoms with Crippen molar-refractivity contribution in [3.8, 4) is 5.75 Å². The highest BCUT2D eigenvalue weighted by Crippen LogP contribution is 2.24. The van der Waals surface area contributed by atoms with Crippen LogP contribution in [-0.4, -0.2) is 13.2 Å². The molecule has 0 aromatic heterocycles. The number of benzene rings is 2. The van der Waals surface area contributed by atoms with Crippen LogP contribution in [-0.2, 0) is 6.42 Å². The van der Waals surface area contributed by atoms with E-state index in [-0.39, 0.29) is 17.9 Å². The zero-order chi connectivity index (χ0) is 15.2. The average molecular weight is 287 g/mol. The Bertz CT molecular complexity index is 585. The van der Waals surface area contributed by atoms with E-state index in [2.05, 4.69) is 25.2 Å². The van der Waals surface area contributed by atoms with Gasteiger partial charge in [-0.25, -0.2) is 4.39 Å². The molecule has 2 nitrogen and oxygen atoms in total. The molecule has 3 heteroatoms. The Morgan fingerprint density at radius 1 is 1.10 bits per heavy atom. The van der Waals surface area contributed by atoms with Gasteiger partial charge >= 0.3 is 0 Å². The van der Waals surface area contributed by atoms with Gasteiger partial charge < -0.3 is 10.1 Å². The van der Waals surface area contributed by atoms with Crippen LogP contribution < -0.4 is 10.1 Å². The summed E-state index contributed by atoms with van der Waals surface area (Å²) in [5.74, 6) is 0.702. The first-order chi connectivity index (χ1) is 10.1. The summed E-state index contributed by atoms with van der Waals surface area (Å²) < 4.78 is 18.6. The van der Waals surface area contributed by atoms with E-state index < -0.39 is 0 Å². The Labute approximate surface area is 126 Å². The Kier molecular flexibility index (Phi) is 5.34. The molecule has 2 aromatic rings. The van der Waals surface area contributed by atoms with Crippen molar-refractivity contribution in [1.82, 2.24) is 5.32 Å². The van der Waals surface area contributed by atoms with Crippen molar-refractivity contribution in [2.45, 2.75) is 32.4 Å². The molecule has 0 fully saturated rings. The zero-order valence-corrected chi connectivity index (χ0v) is 12.8. The molecule has 0 saturated heterocycles. The van der Waals surface area contributed by atoms with Gasteiger partial charge in [-0.05, 0) is 44.0 Å². The molecule has 0 amide bonds. The van der Waals surface area contributed by atoms with Crippen LogP contribution >= 0.6 is 0 Å². The topological polar surface area (TPSA) is 21.3 Å². The smallest absolute Gasteiger partial charge is 0.123 e. The zero-order valence-electron chi connectivity index (χ0n) is 12.8. The third kappa shape index (κ3) is 4.30. The lowest BCUT2D eigenvalue weighted by Crippen LogP contribution is -2.30. The Hall–Kier alpha value is -1.87. The van der Waals surface area contributed by atoms with Crippen LogP contribution in [0.1, 0.15) is 31.0 Å². The van der Waals surface area contributed by atoms with Gasteiger partial charge in [-0.3, -0.25) is 0 Å². The van der Waals surface area contributed by atoms with Gasteiger partial charge in [-0.2, -0.15) is 0 Å². The van der Waals surface area contributed by atoms with Crippen LogP contribution in [0.25, 0.3) is 0 Å². The van der Waals surface area contributed by atoms with E-state index in [1.807, 2.05) is 24.3 Å².